The molecule has 1 atom stereocenters. The number of nitrogens with one attached hydrogen (secondary N) is 1. The Morgan fingerprint density at radius 2 is 1.19 bits per heavy atom. The van der Waals surface area contributed by atoms with Crippen molar-refractivity contribution in [2.75, 3.05) is 0 Å². The molecule has 0 aliphatic carbocycles. The molecule has 0 bridgehead atoms. The van der Waals surface area contributed by atoms with Gasteiger partial charge in [-0.25, -0.2) is 0 Å². The molecule has 3 rings (SSSR count). The van der Waals surface area contributed by atoms with Crippen LogP contribution in [0.15, 0.2) is 91.0 Å². The topological polar surface area (TPSA) is 29.1 Å². The molecule has 3 aromatic rings. The Hall–Kier alpha value is -2.87. The Morgan fingerprint density at radius 3 is 1.63 bits per heavy atom. The first kappa shape index (κ1) is 18.9. The second-order valence-corrected chi connectivity index (χ2v) is 6.87. The number of hydrogen-bond acceptors (Lipinski definition) is 1. The monoisotopic (exact) mass is 357 g/mol. The zero-order chi connectivity index (χ0) is 18.9. The van der Waals surface area contributed by atoms with Crippen molar-refractivity contribution < 1.29 is 4.79 Å². The lowest BCUT2D eigenvalue weighted by molar-refractivity contribution is -0.122. The Morgan fingerprint density at radius 1 is 0.741 bits per heavy atom. The van der Waals surface area contributed by atoms with E-state index in [4.69, 9.17) is 0 Å². The van der Waals surface area contributed by atoms with Gasteiger partial charge in [0, 0.05) is 0 Å². The average molecular weight is 357 g/mol. The van der Waals surface area contributed by atoms with Crippen molar-refractivity contribution in [3.63, 3.8) is 0 Å². The van der Waals surface area contributed by atoms with Crippen LogP contribution in [0.5, 0.6) is 0 Å². The summed E-state index contributed by atoms with van der Waals surface area (Å²) < 4.78 is 0. The third-order valence-electron chi connectivity index (χ3n) is 4.89. The molecule has 0 fully saturated rings. The van der Waals surface area contributed by atoms with E-state index < -0.39 is 0 Å². The number of benzene rings is 3. The highest BCUT2D eigenvalue weighted by molar-refractivity contribution is 5.87. The van der Waals surface area contributed by atoms with E-state index in [0.29, 0.717) is 0 Å². The van der Waals surface area contributed by atoms with Gasteiger partial charge in [-0.05, 0) is 23.1 Å². The van der Waals surface area contributed by atoms with Gasteiger partial charge in [-0.15, -0.1) is 0 Å². The summed E-state index contributed by atoms with van der Waals surface area (Å²) in [7, 11) is 0. The lowest BCUT2D eigenvalue weighted by Crippen LogP contribution is -2.33. The van der Waals surface area contributed by atoms with Crippen LogP contribution in [0.4, 0.5) is 0 Å². The zero-order valence-corrected chi connectivity index (χ0v) is 15.8. The zero-order valence-electron chi connectivity index (χ0n) is 15.8. The van der Waals surface area contributed by atoms with Crippen LogP contribution < -0.4 is 5.32 Å². The molecule has 0 aliphatic rings. The summed E-state index contributed by atoms with van der Waals surface area (Å²) in [6.45, 7) is 2.18. The summed E-state index contributed by atoms with van der Waals surface area (Å²) in [6, 6.07) is 30.4. The van der Waals surface area contributed by atoms with Gasteiger partial charge >= 0.3 is 0 Å². The number of rotatable bonds is 8. The largest absolute Gasteiger partial charge is 0.348 e. The van der Waals surface area contributed by atoms with Crippen LogP contribution in [0.25, 0.3) is 0 Å². The van der Waals surface area contributed by atoms with E-state index in [1.54, 1.807) is 0 Å². The van der Waals surface area contributed by atoms with Gasteiger partial charge in [-0.2, -0.15) is 0 Å². The van der Waals surface area contributed by atoms with Gasteiger partial charge in [0.15, 0.2) is 0 Å². The molecule has 3 aromatic carbocycles. The van der Waals surface area contributed by atoms with E-state index in [1.807, 2.05) is 78.9 Å². The Labute approximate surface area is 162 Å². The molecular formula is C25H27NO. The summed E-state index contributed by atoms with van der Waals surface area (Å²) in [5.41, 5.74) is 3.20. The van der Waals surface area contributed by atoms with Gasteiger partial charge in [0.2, 0.25) is 5.91 Å². The smallest absolute Gasteiger partial charge is 0.232 e. The van der Waals surface area contributed by atoms with Gasteiger partial charge in [0.1, 0.15) is 0 Å². The van der Waals surface area contributed by atoms with Crippen molar-refractivity contribution in [1.29, 1.82) is 0 Å². The van der Waals surface area contributed by atoms with Crippen LogP contribution in [0.3, 0.4) is 0 Å². The third kappa shape index (κ3) is 5.07. The van der Waals surface area contributed by atoms with Gasteiger partial charge < -0.3 is 5.32 Å². The van der Waals surface area contributed by atoms with Crippen molar-refractivity contribution in [2.24, 2.45) is 0 Å². The number of amides is 1. The van der Waals surface area contributed by atoms with Crippen LogP contribution in [0, 0.1) is 0 Å². The molecule has 0 aromatic heterocycles. The minimum atomic E-state index is -0.305. The predicted molar refractivity (Wildman–Crippen MR) is 112 cm³/mol. The van der Waals surface area contributed by atoms with Gasteiger partial charge in [-0.1, -0.05) is 111 Å². The number of unbranched alkanes of at least 4 members (excludes halogenated alkanes) is 1. The van der Waals surface area contributed by atoms with Crippen LogP contribution >= 0.6 is 0 Å². The molecule has 0 saturated heterocycles. The van der Waals surface area contributed by atoms with Crippen molar-refractivity contribution >= 4 is 5.91 Å². The molecule has 0 spiro atoms. The van der Waals surface area contributed by atoms with Crippen LogP contribution in [0.2, 0.25) is 0 Å². The van der Waals surface area contributed by atoms with E-state index >= 15 is 0 Å². The molecule has 0 radical (unpaired) electrons. The Balaban J connectivity index is 1.88. The summed E-state index contributed by atoms with van der Waals surface area (Å²) in [5.74, 6) is -0.252. The molecular weight excluding hydrogens is 330 g/mol. The first-order valence-corrected chi connectivity index (χ1v) is 9.74. The van der Waals surface area contributed by atoms with Crippen molar-refractivity contribution in [2.45, 2.75) is 38.1 Å². The van der Waals surface area contributed by atoms with E-state index in [1.165, 1.54) is 5.56 Å². The minimum absolute atomic E-state index is 0.0357. The van der Waals surface area contributed by atoms with Gasteiger partial charge in [-0.3, -0.25) is 4.79 Å². The maximum Gasteiger partial charge on any atom is 0.232 e. The Bertz CT molecular complexity index is 775. The van der Waals surface area contributed by atoms with Crippen molar-refractivity contribution in [3.8, 4) is 0 Å². The normalized spacial score (nSPS) is 11.9. The quantitative estimate of drug-likeness (QED) is 0.537. The molecule has 27 heavy (non-hydrogen) atoms. The predicted octanol–water partition coefficient (Wildman–Crippen LogP) is 5.87. The maximum atomic E-state index is 13.4. The van der Waals surface area contributed by atoms with E-state index in [2.05, 4.69) is 24.4 Å². The van der Waals surface area contributed by atoms with Crippen LogP contribution in [0.1, 0.15) is 54.8 Å². The van der Waals surface area contributed by atoms with Gasteiger partial charge in [0.25, 0.3) is 0 Å². The maximum absolute atomic E-state index is 13.4. The highest BCUT2D eigenvalue weighted by Gasteiger charge is 2.25. The second kappa shape index (κ2) is 9.72. The number of carbonyl (C=O) groups excluding carboxylic acids is 1. The Kier molecular flexibility index (Phi) is 6.81. The first-order chi connectivity index (χ1) is 13.3. The summed E-state index contributed by atoms with van der Waals surface area (Å²) >= 11 is 0. The molecule has 0 saturated carbocycles. The third-order valence-corrected chi connectivity index (χ3v) is 4.89. The van der Waals surface area contributed by atoms with Crippen LogP contribution in [-0.4, -0.2) is 5.91 Å². The highest BCUT2D eigenvalue weighted by atomic mass is 16.1. The standard InChI is InChI=1S/C25H27NO/c1-2-3-19-23(20-13-7-4-8-14-20)26-25(27)24(21-15-9-5-10-16-21)22-17-11-6-12-18-22/h4-18,23-24H,2-3,19H2,1H3,(H,26,27)/t23-/m1/s1. The number of hydrogen-bond donors (Lipinski definition) is 1. The fraction of sp³-hybridized carbons (Fsp3) is 0.240. The molecule has 2 heteroatoms. The fourth-order valence-corrected chi connectivity index (χ4v) is 3.46. The molecule has 0 aliphatic heterocycles. The molecule has 1 amide bonds. The summed E-state index contributed by atoms with van der Waals surface area (Å²) in [6.07, 6.45) is 3.14. The van der Waals surface area contributed by atoms with Crippen molar-refractivity contribution in [3.05, 3.63) is 108 Å². The van der Waals surface area contributed by atoms with Crippen molar-refractivity contribution in [1.82, 2.24) is 5.32 Å². The highest BCUT2D eigenvalue weighted by Crippen LogP contribution is 2.27. The molecule has 2 nitrogen and oxygen atoms in total. The average Bonchev–Trinajstić information content (AvgIpc) is 2.73. The first-order valence-electron chi connectivity index (χ1n) is 9.74. The van der Waals surface area contributed by atoms with Gasteiger partial charge in [0.05, 0.1) is 12.0 Å². The molecule has 138 valence electrons. The van der Waals surface area contributed by atoms with E-state index in [0.717, 1.165) is 30.4 Å². The SMILES string of the molecule is CCCC[C@@H](NC(=O)C(c1ccccc1)c1ccccc1)c1ccccc1. The lowest BCUT2D eigenvalue weighted by Gasteiger charge is -2.24. The molecule has 1 N–H and O–H groups in total. The second-order valence-electron chi connectivity index (χ2n) is 6.87. The summed E-state index contributed by atoms with van der Waals surface area (Å²) in [5, 5.41) is 3.33. The summed E-state index contributed by atoms with van der Waals surface area (Å²) in [4.78, 5) is 13.4. The van der Waals surface area contributed by atoms with Crippen LogP contribution in [-0.2, 0) is 4.79 Å². The minimum Gasteiger partial charge on any atom is -0.348 e. The van der Waals surface area contributed by atoms with E-state index in [9.17, 15) is 4.79 Å². The number of carbonyl (C=O) groups is 1. The molecule has 0 heterocycles. The lowest BCUT2D eigenvalue weighted by atomic mass is 9.89. The van der Waals surface area contributed by atoms with E-state index in [-0.39, 0.29) is 17.9 Å². The fourth-order valence-electron chi connectivity index (χ4n) is 3.46. The molecule has 0 unspecified atom stereocenters.